The van der Waals surface area contributed by atoms with Crippen molar-refractivity contribution in [2.24, 2.45) is 5.92 Å². The van der Waals surface area contributed by atoms with Crippen molar-refractivity contribution in [3.05, 3.63) is 52.0 Å². The van der Waals surface area contributed by atoms with Gasteiger partial charge in [0.25, 0.3) is 5.91 Å². The van der Waals surface area contributed by atoms with Crippen LogP contribution in [0.2, 0.25) is 0 Å². The van der Waals surface area contributed by atoms with Crippen LogP contribution in [0.4, 0.5) is 5.69 Å². The molecule has 1 aliphatic carbocycles. The van der Waals surface area contributed by atoms with Gasteiger partial charge in [-0.1, -0.05) is 12.1 Å². The number of rotatable bonds is 4. The standard InChI is InChI=1S/C19H18BrNO3/c20-15-4-2-1-3-14(15)19(22)21-16-11-18-17(23-7-8-24-18)10-13(16)9-12-5-6-12/h1-4,10-12H,5-9H2,(H,21,22). The Hall–Kier alpha value is -2.01. The van der Waals surface area contributed by atoms with Crippen LogP contribution < -0.4 is 14.8 Å². The highest BCUT2D eigenvalue weighted by molar-refractivity contribution is 9.10. The Morgan fingerprint density at radius 2 is 1.83 bits per heavy atom. The topological polar surface area (TPSA) is 47.6 Å². The molecule has 4 nitrogen and oxygen atoms in total. The van der Waals surface area contributed by atoms with Gasteiger partial charge in [-0.25, -0.2) is 0 Å². The van der Waals surface area contributed by atoms with E-state index < -0.39 is 0 Å². The molecule has 1 saturated carbocycles. The number of benzene rings is 2. The largest absolute Gasteiger partial charge is 0.486 e. The number of carbonyl (C=O) groups is 1. The van der Waals surface area contributed by atoms with Gasteiger partial charge in [-0.05, 0) is 64.9 Å². The molecule has 2 aromatic rings. The zero-order chi connectivity index (χ0) is 16.5. The van der Waals surface area contributed by atoms with E-state index in [4.69, 9.17) is 9.47 Å². The minimum Gasteiger partial charge on any atom is -0.486 e. The third kappa shape index (κ3) is 3.26. The van der Waals surface area contributed by atoms with Crippen molar-refractivity contribution < 1.29 is 14.3 Å². The maximum Gasteiger partial charge on any atom is 0.256 e. The van der Waals surface area contributed by atoms with Crippen LogP contribution in [0, 0.1) is 5.92 Å². The fraction of sp³-hybridized carbons (Fsp3) is 0.316. The Balaban J connectivity index is 1.65. The number of ether oxygens (including phenoxy) is 2. The average Bonchev–Trinajstić information content (AvgIpc) is 3.39. The zero-order valence-corrected chi connectivity index (χ0v) is 14.8. The summed E-state index contributed by atoms with van der Waals surface area (Å²) in [6.45, 7) is 1.10. The highest BCUT2D eigenvalue weighted by Crippen LogP contribution is 2.40. The van der Waals surface area contributed by atoms with Crippen LogP contribution in [-0.2, 0) is 6.42 Å². The van der Waals surface area contributed by atoms with Crippen LogP contribution >= 0.6 is 15.9 Å². The van der Waals surface area contributed by atoms with Crippen molar-refractivity contribution in [2.75, 3.05) is 18.5 Å². The van der Waals surface area contributed by atoms with E-state index >= 15 is 0 Å². The van der Waals surface area contributed by atoms with Gasteiger partial charge in [0, 0.05) is 16.2 Å². The van der Waals surface area contributed by atoms with Crippen LogP contribution in [-0.4, -0.2) is 19.1 Å². The minimum atomic E-state index is -0.129. The summed E-state index contributed by atoms with van der Waals surface area (Å²) in [5, 5.41) is 3.05. The number of hydrogen-bond donors (Lipinski definition) is 1. The van der Waals surface area contributed by atoms with Gasteiger partial charge in [0.15, 0.2) is 11.5 Å². The predicted octanol–water partition coefficient (Wildman–Crippen LogP) is 4.43. The second-order valence-corrected chi connectivity index (χ2v) is 7.09. The molecule has 0 aromatic heterocycles. The first-order chi connectivity index (χ1) is 11.7. The van der Waals surface area contributed by atoms with E-state index in [-0.39, 0.29) is 5.91 Å². The molecule has 1 heterocycles. The van der Waals surface area contributed by atoms with Gasteiger partial charge in [0.05, 0.1) is 5.56 Å². The maximum atomic E-state index is 12.6. The van der Waals surface area contributed by atoms with Crippen molar-refractivity contribution in [2.45, 2.75) is 19.3 Å². The summed E-state index contributed by atoms with van der Waals surface area (Å²) in [6, 6.07) is 11.3. The van der Waals surface area contributed by atoms with Gasteiger partial charge in [0.1, 0.15) is 13.2 Å². The number of hydrogen-bond acceptors (Lipinski definition) is 3. The first-order valence-corrected chi connectivity index (χ1v) is 8.98. The van der Waals surface area contributed by atoms with E-state index in [0.29, 0.717) is 30.4 Å². The minimum absolute atomic E-state index is 0.129. The van der Waals surface area contributed by atoms with Crippen molar-refractivity contribution in [1.82, 2.24) is 0 Å². The highest BCUT2D eigenvalue weighted by Gasteiger charge is 2.25. The monoisotopic (exact) mass is 387 g/mol. The molecule has 1 amide bonds. The van der Waals surface area contributed by atoms with Crippen molar-refractivity contribution >= 4 is 27.5 Å². The number of amides is 1. The number of fused-ring (bicyclic) bond motifs is 1. The highest BCUT2D eigenvalue weighted by atomic mass is 79.9. The van der Waals surface area contributed by atoms with Gasteiger partial charge in [-0.2, -0.15) is 0 Å². The van der Waals surface area contributed by atoms with Crippen LogP contribution in [0.3, 0.4) is 0 Å². The van der Waals surface area contributed by atoms with Crippen molar-refractivity contribution in [3.63, 3.8) is 0 Å². The van der Waals surface area contributed by atoms with E-state index in [1.54, 1.807) is 6.07 Å². The molecular formula is C19H18BrNO3. The lowest BCUT2D eigenvalue weighted by atomic mass is 10.0. The lowest BCUT2D eigenvalue weighted by Gasteiger charge is -2.21. The molecule has 1 fully saturated rings. The van der Waals surface area contributed by atoms with Crippen LogP contribution in [0.1, 0.15) is 28.8 Å². The Morgan fingerprint density at radius 3 is 2.54 bits per heavy atom. The van der Waals surface area contributed by atoms with Crippen LogP contribution in [0.15, 0.2) is 40.9 Å². The molecule has 2 aliphatic rings. The summed E-state index contributed by atoms with van der Waals surface area (Å²) in [5.74, 6) is 2.06. The predicted molar refractivity (Wildman–Crippen MR) is 96.0 cm³/mol. The third-order valence-electron chi connectivity index (χ3n) is 4.34. The summed E-state index contributed by atoms with van der Waals surface area (Å²) in [5.41, 5.74) is 2.54. The van der Waals surface area contributed by atoms with Gasteiger partial charge in [-0.15, -0.1) is 0 Å². The molecule has 2 aromatic carbocycles. The summed E-state index contributed by atoms with van der Waals surface area (Å²) in [4.78, 5) is 12.6. The Bertz CT molecular complexity index is 786. The Kier molecular flexibility index (Phi) is 4.19. The molecule has 124 valence electrons. The number of carbonyl (C=O) groups excluding carboxylic acids is 1. The van der Waals surface area contributed by atoms with Gasteiger partial charge >= 0.3 is 0 Å². The normalized spacial score (nSPS) is 15.9. The molecule has 0 atom stereocenters. The van der Waals surface area contributed by atoms with E-state index in [1.165, 1.54) is 12.8 Å². The molecule has 1 aliphatic heterocycles. The van der Waals surface area contributed by atoms with Crippen molar-refractivity contribution in [3.8, 4) is 11.5 Å². The Labute approximate surface area is 149 Å². The molecule has 0 spiro atoms. The molecular weight excluding hydrogens is 370 g/mol. The number of nitrogens with one attached hydrogen (secondary N) is 1. The third-order valence-corrected chi connectivity index (χ3v) is 5.03. The lowest BCUT2D eigenvalue weighted by Crippen LogP contribution is -2.18. The smallest absolute Gasteiger partial charge is 0.256 e. The van der Waals surface area contributed by atoms with Gasteiger partial charge < -0.3 is 14.8 Å². The molecule has 0 bridgehead atoms. The number of anilines is 1. The molecule has 0 unspecified atom stereocenters. The summed E-state index contributed by atoms with van der Waals surface area (Å²) in [7, 11) is 0. The molecule has 5 heteroatoms. The van der Waals surface area contributed by atoms with E-state index in [2.05, 4.69) is 21.2 Å². The van der Waals surface area contributed by atoms with Crippen LogP contribution in [0.5, 0.6) is 11.5 Å². The maximum absolute atomic E-state index is 12.6. The summed E-state index contributed by atoms with van der Waals surface area (Å²) < 4.78 is 12.1. The van der Waals surface area contributed by atoms with E-state index in [1.807, 2.05) is 30.3 Å². The fourth-order valence-electron chi connectivity index (χ4n) is 2.88. The zero-order valence-electron chi connectivity index (χ0n) is 13.2. The second-order valence-electron chi connectivity index (χ2n) is 6.23. The van der Waals surface area contributed by atoms with Crippen molar-refractivity contribution in [1.29, 1.82) is 0 Å². The number of halogens is 1. The quantitative estimate of drug-likeness (QED) is 0.843. The molecule has 1 N–H and O–H groups in total. The summed E-state index contributed by atoms with van der Waals surface area (Å²) >= 11 is 3.43. The second kappa shape index (κ2) is 6.48. The van der Waals surface area contributed by atoms with E-state index in [9.17, 15) is 4.79 Å². The van der Waals surface area contributed by atoms with Gasteiger partial charge in [0.2, 0.25) is 0 Å². The average molecular weight is 388 g/mol. The van der Waals surface area contributed by atoms with Crippen LogP contribution in [0.25, 0.3) is 0 Å². The lowest BCUT2D eigenvalue weighted by molar-refractivity contribution is 0.102. The molecule has 0 radical (unpaired) electrons. The SMILES string of the molecule is O=C(Nc1cc2c(cc1CC1CC1)OCCO2)c1ccccc1Br. The molecule has 0 saturated heterocycles. The Morgan fingerprint density at radius 1 is 1.12 bits per heavy atom. The first-order valence-electron chi connectivity index (χ1n) is 8.19. The molecule has 4 rings (SSSR count). The molecule has 24 heavy (non-hydrogen) atoms. The first kappa shape index (κ1) is 15.5. The fourth-order valence-corrected chi connectivity index (χ4v) is 3.35. The van der Waals surface area contributed by atoms with E-state index in [0.717, 1.165) is 27.9 Å². The van der Waals surface area contributed by atoms with Gasteiger partial charge in [-0.3, -0.25) is 4.79 Å². The summed E-state index contributed by atoms with van der Waals surface area (Å²) in [6.07, 6.45) is 3.47.